The lowest BCUT2D eigenvalue weighted by Crippen LogP contribution is -2.34. The van der Waals surface area contributed by atoms with Crippen molar-refractivity contribution < 1.29 is 20.1 Å². The molecule has 1 aliphatic rings. The van der Waals surface area contributed by atoms with Gasteiger partial charge in [0.15, 0.2) is 0 Å². The molecule has 0 radical (unpaired) electrons. The van der Waals surface area contributed by atoms with Crippen molar-refractivity contribution in [3.63, 3.8) is 0 Å². The smallest absolute Gasteiger partial charge is 0.146 e. The fourth-order valence-corrected chi connectivity index (χ4v) is 2.73. The van der Waals surface area contributed by atoms with Gasteiger partial charge in [0.1, 0.15) is 12.4 Å². The number of nitrogens with zero attached hydrogens (tertiary/aromatic N) is 2. The number of aliphatic imine (C=N–C) groups is 1. The SMILES string of the molecule is N=C1C=C(N)/C(=N/c2ccc(NCCN(CCO)CCO)cc2)C=C1OCCO. The molecule has 2 rings (SSSR count). The number of nitrogens with two attached hydrogens (primary N) is 1. The Kier molecular flexibility index (Phi) is 9.32. The number of aliphatic hydroxyl groups excluding tert-OH is 3. The van der Waals surface area contributed by atoms with Gasteiger partial charge in [-0.25, -0.2) is 4.99 Å². The maximum Gasteiger partial charge on any atom is 0.146 e. The van der Waals surface area contributed by atoms with Crippen LogP contribution in [-0.4, -0.2) is 84.2 Å². The van der Waals surface area contributed by atoms with Gasteiger partial charge in [-0.1, -0.05) is 0 Å². The number of ether oxygens (including phenoxy) is 1. The van der Waals surface area contributed by atoms with Crippen LogP contribution >= 0.6 is 0 Å². The summed E-state index contributed by atoms with van der Waals surface area (Å²) in [5.74, 6) is 0.320. The molecule has 9 heteroatoms. The summed E-state index contributed by atoms with van der Waals surface area (Å²) in [7, 11) is 0. The molecule has 9 nitrogen and oxygen atoms in total. The average Bonchev–Trinajstić information content (AvgIpc) is 2.70. The minimum absolute atomic E-state index is 0.0628. The lowest BCUT2D eigenvalue weighted by Gasteiger charge is -2.20. The molecule has 0 saturated carbocycles. The molecule has 0 unspecified atom stereocenters. The second-order valence-electron chi connectivity index (χ2n) is 6.35. The molecule has 1 aromatic carbocycles. The van der Waals surface area contributed by atoms with Crippen LogP contribution in [0.2, 0.25) is 0 Å². The van der Waals surface area contributed by atoms with Crippen molar-refractivity contribution in [3.8, 4) is 0 Å². The Balaban J connectivity index is 1.97. The fourth-order valence-electron chi connectivity index (χ4n) is 2.73. The molecule has 0 fully saturated rings. The van der Waals surface area contributed by atoms with Crippen LogP contribution < -0.4 is 11.1 Å². The van der Waals surface area contributed by atoms with Crippen molar-refractivity contribution in [2.75, 3.05) is 57.9 Å². The normalized spacial score (nSPS) is 15.4. The topological polar surface area (TPSA) is 147 Å². The number of hydrogen-bond donors (Lipinski definition) is 6. The predicted molar refractivity (Wildman–Crippen MR) is 114 cm³/mol. The first kappa shape index (κ1) is 22.6. The van der Waals surface area contributed by atoms with E-state index >= 15 is 0 Å². The van der Waals surface area contributed by atoms with E-state index in [4.69, 9.17) is 31.2 Å². The van der Waals surface area contributed by atoms with Gasteiger partial charge in [0, 0.05) is 37.9 Å². The van der Waals surface area contributed by atoms with Gasteiger partial charge in [-0.15, -0.1) is 0 Å². The quantitative estimate of drug-likeness (QED) is 0.274. The number of hydrogen-bond acceptors (Lipinski definition) is 9. The van der Waals surface area contributed by atoms with Gasteiger partial charge < -0.3 is 31.1 Å². The molecule has 158 valence electrons. The fraction of sp³-hybridized carbons (Fsp3) is 0.400. The molecule has 0 aromatic heterocycles. The maximum absolute atomic E-state index is 9.03. The van der Waals surface area contributed by atoms with E-state index < -0.39 is 0 Å². The molecule has 0 heterocycles. The number of anilines is 1. The third kappa shape index (κ3) is 7.31. The summed E-state index contributed by atoms with van der Waals surface area (Å²) in [4.78, 5) is 6.48. The first-order chi connectivity index (χ1) is 14.1. The third-order valence-electron chi connectivity index (χ3n) is 4.18. The van der Waals surface area contributed by atoms with Crippen molar-refractivity contribution in [3.05, 3.63) is 47.9 Å². The van der Waals surface area contributed by atoms with E-state index in [1.54, 1.807) is 6.08 Å². The van der Waals surface area contributed by atoms with Crippen molar-refractivity contribution in [1.29, 1.82) is 5.41 Å². The Hall–Kier alpha value is -2.72. The van der Waals surface area contributed by atoms with Crippen LogP contribution in [-0.2, 0) is 4.74 Å². The molecule has 0 saturated heterocycles. The zero-order valence-corrected chi connectivity index (χ0v) is 16.3. The van der Waals surface area contributed by atoms with Crippen LogP contribution in [0.25, 0.3) is 0 Å². The highest BCUT2D eigenvalue weighted by Crippen LogP contribution is 2.20. The molecule has 29 heavy (non-hydrogen) atoms. The van der Waals surface area contributed by atoms with E-state index in [1.807, 2.05) is 29.2 Å². The Bertz CT molecular complexity index is 753. The van der Waals surface area contributed by atoms with Gasteiger partial charge >= 0.3 is 0 Å². The summed E-state index contributed by atoms with van der Waals surface area (Å²) < 4.78 is 5.34. The van der Waals surface area contributed by atoms with Crippen LogP contribution in [0.1, 0.15) is 0 Å². The minimum Gasteiger partial charge on any atom is -0.489 e. The van der Waals surface area contributed by atoms with Gasteiger partial charge in [-0.05, 0) is 30.3 Å². The van der Waals surface area contributed by atoms with E-state index in [-0.39, 0.29) is 32.1 Å². The van der Waals surface area contributed by atoms with Crippen molar-refractivity contribution in [2.45, 2.75) is 0 Å². The van der Waals surface area contributed by atoms with Crippen LogP contribution in [0.4, 0.5) is 11.4 Å². The maximum atomic E-state index is 9.03. The van der Waals surface area contributed by atoms with Gasteiger partial charge in [0.05, 0.1) is 42.6 Å². The van der Waals surface area contributed by atoms with Crippen molar-refractivity contribution >= 4 is 22.8 Å². The Morgan fingerprint density at radius 2 is 1.69 bits per heavy atom. The van der Waals surface area contributed by atoms with Crippen molar-refractivity contribution in [2.24, 2.45) is 10.7 Å². The molecule has 0 spiro atoms. The number of nitrogens with one attached hydrogen (secondary N) is 2. The number of allylic oxidation sites excluding steroid dienone is 2. The Morgan fingerprint density at radius 1 is 1.00 bits per heavy atom. The molecular weight excluding hydrogens is 374 g/mol. The van der Waals surface area contributed by atoms with E-state index in [0.29, 0.717) is 49.0 Å². The third-order valence-corrected chi connectivity index (χ3v) is 4.18. The monoisotopic (exact) mass is 403 g/mol. The largest absolute Gasteiger partial charge is 0.489 e. The second-order valence-corrected chi connectivity index (χ2v) is 6.35. The first-order valence-electron chi connectivity index (χ1n) is 9.46. The lowest BCUT2D eigenvalue weighted by molar-refractivity contribution is 0.156. The number of benzene rings is 1. The van der Waals surface area contributed by atoms with Crippen LogP contribution in [0.3, 0.4) is 0 Å². The summed E-state index contributed by atoms with van der Waals surface area (Å²) in [5.41, 5.74) is 8.62. The molecule has 1 aromatic rings. The van der Waals surface area contributed by atoms with Gasteiger partial charge in [-0.3, -0.25) is 10.3 Å². The summed E-state index contributed by atoms with van der Waals surface area (Å²) in [6.07, 6.45) is 3.07. The van der Waals surface area contributed by atoms with Crippen LogP contribution in [0.5, 0.6) is 0 Å². The molecule has 0 aliphatic heterocycles. The van der Waals surface area contributed by atoms with Crippen LogP contribution in [0.15, 0.2) is 52.9 Å². The molecule has 0 amide bonds. The molecule has 0 bridgehead atoms. The number of aliphatic hydroxyl groups is 3. The second kappa shape index (κ2) is 12.0. The average molecular weight is 403 g/mol. The van der Waals surface area contributed by atoms with Gasteiger partial charge in [0.2, 0.25) is 0 Å². The van der Waals surface area contributed by atoms with E-state index in [1.165, 1.54) is 6.08 Å². The zero-order valence-electron chi connectivity index (χ0n) is 16.3. The van der Waals surface area contributed by atoms with Gasteiger partial charge in [-0.2, -0.15) is 0 Å². The van der Waals surface area contributed by atoms with Gasteiger partial charge in [0.25, 0.3) is 0 Å². The highest BCUT2D eigenvalue weighted by Gasteiger charge is 2.15. The summed E-state index contributed by atoms with van der Waals surface area (Å²) in [6.45, 7) is 2.54. The summed E-state index contributed by atoms with van der Waals surface area (Å²) in [6, 6.07) is 7.51. The predicted octanol–water partition coefficient (Wildman–Crippen LogP) is 0.226. The summed E-state index contributed by atoms with van der Waals surface area (Å²) in [5, 5.41) is 38.1. The van der Waals surface area contributed by atoms with E-state index in [2.05, 4.69) is 10.3 Å². The first-order valence-corrected chi connectivity index (χ1v) is 9.46. The zero-order chi connectivity index (χ0) is 21.1. The summed E-state index contributed by atoms with van der Waals surface area (Å²) >= 11 is 0. The molecule has 1 aliphatic carbocycles. The minimum atomic E-state index is -0.136. The highest BCUT2D eigenvalue weighted by molar-refractivity contribution is 6.22. The molecule has 7 N–H and O–H groups in total. The highest BCUT2D eigenvalue weighted by atomic mass is 16.5. The van der Waals surface area contributed by atoms with E-state index in [9.17, 15) is 0 Å². The Morgan fingerprint density at radius 3 is 2.31 bits per heavy atom. The van der Waals surface area contributed by atoms with Crippen molar-refractivity contribution in [1.82, 2.24) is 4.90 Å². The number of rotatable bonds is 12. The lowest BCUT2D eigenvalue weighted by atomic mass is 10.1. The van der Waals surface area contributed by atoms with E-state index in [0.717, 1.165) is 5.69 Å². The molecule has 0 atom stereocenters. The Labute approximate surface area is 170 Å². The van der Waals surface area contributed by atoms with Crippen LogP contribution in [0, 0.1) is 5.41 Å². The standard InChI is InChI=1S/C20H29N5O4/c21-17-13-18(22)20(29-12-11-28)14-19(17)24-16-3-1-15(2-4-16)23-5-6-25(7-9-26)8-10-27/h1-4,13-14,22-23,26-28H,5-12,21H2/b22-18?,24-19+. The molecular formula is C20H29N5O4.